The van der Waals surface area contributed by atoms with Gasteiger partial charge in [0, 0.05) is 21.6 Å². The number of hydrogen-bond donors (Lipinski definition) is 1. The molecule has 0 saturated carbocycles. The maximum atomic E-state index is 12.1. The van der Waals surface area contributed by atoms with Crippen molar-refractivity contribution in [3.05, 3.63) is 45.7 Å². The molecule has 1 atom stereocenters. The number of esters is 1. The third-order valence-corrected chi connectivity index (χ3v) is 4.32. The molecule has 0 aliphatic carbocycles. The van der Waals surface area contributed by atoms with E-state index in [2.05, 4.69) is 32.9 Å². The molecule has 0 bridgehead atoms. The number of rotatable bonds is 4. The first-order valence-electron chi connectivity index (χ1n) is 8.33. The highest BCUT2D eigenvalue weighted by Gasteiger charge is 2.33. The quantitative estimate of drug-likeness (QED) is 0.401. The van der Waals surface area contributed by atoms with Gasteiger partial charge in [-0.2, -0.15) is 0 Å². The Balaban J connectivity index is 1.98. The van der Waals surface area contributed by atoms with Crippen molar-refractivity contribution in [2.45, 2.75) is 39.8 Å². The number of hydrogen-bond acceptors (Lipinski definition) is 6. The molecule has 144 valence electrons. The lowest BCUT2D eigenvalue weighted by Crippen LogP contribution is -2.45. The van der Waals surface area contributed by atoms with E-state index in [1.807, 2.05) is 30.3 Å². The molecule has 1 heterocycles. The van der Waals surface area contributed by atoms with E-state index >= 15 is 0 Å². The van der Waals surface area contributed by atoms with E-state index in [9.17, 15) is 14.4 Å². The van der Waals surface area contributed by atoms with E-state index in [4.69, 9.17) is 9.47 Å². The first-order valence-corrected chi connectivity index (χ1v) is 9.41. The lowest BCUT2D eigenvalue weighted by molar-refractivity contribution is -0.152. The molecule has 27 heavy (non-hydrogen) atoms. The molecule has 1 aliphatic rings. The smallest absolute Gasteiger partial charge is 0.408 e. The normalized spacial score (nSPS) is 16.7. The van der Waals surface area contributed by atoms with Crippen LogP contribution in [0.5, 0.6) is 0 Å². The highest BCUT2D eigenvalue weighted by Crippen LogP contribution is 2.21. The van der Waals surface area contributed by atoms with E-state index in [0.717, 1.165) is 9.14 Å². The zero-order chi connectivity index (χ0) is 20.0. The second-order valence-corrected chi connectivity index (χ2v) is 8.36. The van der Waals surface area contributed by atoms with Gasteiger partial charge in [-0.3, -0.25) is 4.79 Å². The number of halogens is 1. The van der Waals surface area contributed by atoms with Crippen LogP contribution < -0.4 is 5.32 Å². The number of alkyl carbamates (subject to hydrolysis) is 1. The number of aliphatic imine (C=N–C) groups is 1. The Morgan fingerprint density at radius 1 is 1.22 bits per heavy atom. The maximum absolute atomic E-state index is 12.1. The molecule has 8 heteroatoms. The van der Waals surface area contributed by atoms with Crippen molar-refractivity contribution in [3.63, 3.8) is 0 Å². The number of benzene rings is 1. The zero-order valence-electron chi connectivity index (χ0n) is 15.3. The van der Waals surface area contributed by atoms with Crippen LogP contribution in [-0.4, -0.2) is 29.8 Å². The number of ether oxygens (including phenoxy) is 2. The van der Waals surface area contributed by atoms with E-state index in [0.29, 0.717) is 6.42 Å². The van der Waals surface area contributed by atoms with Crippen molar-refractivity contribution in [2.75, 3.05) is 0 Å². The summed E-state index contributed by atoms with van der Waals surface area (Å²) in [6.07, 6.45) is 1.25. The van der Waals surface area contributed by atoms with Gasteiger partial charge in [0.1, 0.15) is 12.6 Å². The molecule has 1 amide bonds. The Labute approximate surface area is 171 Å². The highest BCUT2D eigenvalue weighted by atomic mass is 127. The minimum atomic E-state index is -1.00. The minimum Gasteiger partial charge on any atom is -0.445 e. The number of carbonyl (C=O) groups is 3. The lowest BCUT2D eigenvalue weighted by atomic mass is 9.91. The van der Waals surface area contributed by atoms with E-state index in [1.165, 1.54) is 6.20 Å². The number of carbonyl (C=O) groups excluding carboxylic acids is 3. The summed E-state index contributed by atoms with van der Waals surface area (Å²) in [4.78, 5) is 40.2. The van der Waals surface area contributed by atoms with Gasteiger partial charge in [0.05, 0.1) is 0 Å². The molecule has 0 radical (unpaired) electrons. The summed E-state index contributed by atoms with van der Waals surface area (Å²) in [5.74, 6) is -1.70. The van der Waals surface area contributed by atoms with Crippen LogP contribution in [0.1, 0.15) is 32.8 Å². The fraction of sp³-hybridized carbons (Fsp3) is 0.368. The Morgan fingerprint density at radius 2 is 1.89 bits per heavy atom. The van der Waals surface area contributed by atoms with Gasteiger partial charge in [-0.25, -0.2) is 14.6 Å². The van der Waals surface area contributed by atoms with Gasteiger partial charge in [-0.15, -0.1) is 0 Å². The molecule has 0 aromatic heterocycles. The van der Waals surface area contributed by atoms with E-state index < -0.39 is 29.3 Å². The summed E-state index contributed by atoms with van der Waals surface area (Å²) in [5.41, 5.74) is -0.0180. The molecular weight excluding hydrogens is 463 g/mol. The molecule has 1 aliphatic heterocycles. The molecule has 0 fully saturated rings. The first-order chi connectivity index (χ1) is 12.7. The average Bonchev–Trinajstić information content (AvgIpc) is 2.61. The van der Waals surface area contributed by atoms with Gasteiger partial charge in [0.2, 0.25) is 11.7 Å². The minimum absolute atomic E-state index is 0.0327. The lowest BCUT2D eigenvalue weighted by Gasteiger charge is -2.23. The third kappa shape index (κ3) is 6.46. The number of amides is 1. The Kier molecular flexibility index (Phi) is 7.11. The number of nitrogens with zero attached hydrogens (tertiary/aromatic N) is 1. The second kappa shape index (κ2) is 9.12. The topological polar surface area (TPSA) is 94.1 Å². The molecule has 2 rings (SSSR count). The molecule has 0 saturated heterocycles. The van der Waals surface area contributed by atoms with E-state index in [-0.39, 0.29) is 12.5 Å². The van der Waals surface area contributed by atoms with Crippen LogP contribution >= 0.6 is 22.6 Å². The first kappa shape index (κ1) is 21.1. The van der Waals surface area contributed by atoms with Gasteiger partial charge in [-0.05, 0) is 28.2 Å². The van der Waals surface area contributed by atoms with Gasteiger partial charge in [0.25, 0.3) is 0 Å². The predicted molar refractivity (Wildman–Crippen MR) is 108 cm³/mol. The maximum Gasteiger partial charge on any atom is 0.408 e. The van der Waals surface area contributed by atoms with Crippen LogP contribution in [0.15, 0.2) is 45.1 Å². The predicted octanol–water partition coefficient (Wildman–Crippen LogP) is 3.52. The molecule has 1 unspecified atom stereocenters. The van der Waals surface area contributed by atoms with Crippen LogP contribution in [0, 0.1) is 5.41 Å². The fourth-order valence-corrected chi connectivity index (χ4v) is 2.70. The van der Waals surface area contributed by atoms with Gasteiger partial charge < -0.3 is 14.8 Å². The Morgan fingerprint density at radius 3 is 2.52 bits per heavy atom. The number of ketones is 1. The SMILES string of the molecule is CC(C)(C)C(=O)C(=O)OC1=NC=C(I)CC1NC(=O)OCc1ccccc1. The molecule has 7 nitrogen and oxygen atoms in total. The summed E-state index contributed by atoms with van der Waals surface area (Å²) < 4.78 is 11.2. The van der Waals surface area contributed by atoms with Crippen LogP contribution in [0.3, 0.4) is 0 Å². The van der Waals surface area contributed by atoms with E-state index in [1.54, 1.807) is 20.8 Å². The Bertz CT molecular complexity index is 781. The van der Waals surface area contributed by atoms with Crippen LogP contribution in [0.4, 0.5) is 4.79 Å². The van der Waals surface area contributed by atoms with Crippen LogP contribution in [-0.2, 0) is 25.7 Å². The molecule has 1 aromatic rings. The summed E-state index contributed by atoms with van der Waals surface area (Å²) >= 11 is 2.07. The fourth-order valence-electron chi connectivity index (χ4n) is 2.12. The van der Waals surface area contributed by atoms with Crippen molar-refractivity contribution in [1.29, 1.82) is 0 Å². The third-order valence-electron chi connectivity index (χ3n) is 3.60. The monoisotopic (exact) mass is 484 g/mol. The van der Waals surface area contributed by atoms with Crippen molar-refractivity contribution < 1.29 is 23.9 Å². The van der Waals surface area contributed by atoms with Gasteiger partial charge >= 0.3 is 12.1 Å². The van der Waals surface area contributed by atoms with Crippen LogP contribution in [0.2, 0.25) is 0 Å². The van der Waals surface area contributed by atoms with Crippen molar-refractivity contribution in [1.82, 2.24) is 5.32 Å². The second-order valence-electron chi connectivity index (χ2n) is 6.97. The summed E-state index contributed by atoms with van der Waals surface area (Å²) in [6, 6.07) is 8.55. The standard InChI is InChI=1S/C19H21IN2O5/c1-19(2,3)15(23)17(24)27-16-14(9-13(20)10-21-16)22-18(25)26-11-12-7-5-4-6-8-12/h4-8,10,14H,9,11H2,1-3H3,(H,22,25). The average molecular weight is 484 g/mol. The van der Waals surface area contributed by atoms with Crippen molar-refractivity contribution in [3.8, 4) is 0 Å². The highest BCUT2D eigenvalue weighted by molar-refractivity contribution is 14.1. The molecule has 1 N–H and O–H groups in total. The van der Waals surface area contributed by atoms with Gasteiger partial charge in [0.15, 0.2) is 0 Å². The summed E-state index contributed by atoms with van der Waals surface area (Å²) in [7, 11) is 0. The number of Topliss-reactive ketones (excluding diaryl/α,β-unsaturated/α-hetero) is 1. The van der Waals surface area contributed by atoms with Gasteiger partial charge in [-0.1, -0.05) is 51.1 Å². The summed E-state index contributed by atoms with van der Waals surface area (Å²) in [5, 5.41) is 2.63. The molecule has 0 spiro atoms. The molecule has 1 aromatic carbocycles. The number of nitrogens with one attached hydrogen (secondary N) is 1. The largest absolute Gasteiger partial charge is 0.445 e. The molecular formula is C19H21IN2O5. The Hall–Kier alpha value is -2.23. The van der Waals surface area contributed by atoms with Crippen molar-refractivity contribution >= 4 is 46.3 Å². The van der Waals surface area contributed by atoms with Crippen molar-refractivity contribution in [2.24, 2.45) is 10.4 Å². The summed E-state index contributed by atoms with van der Waals surface area (Å²) in [6.45, 7) is 4.98. The van der Waals surface area contributed by atoms with Crippen LogP contribution in [0.25, 0.3) is 0 Å². The zero-order valence-corrected chi connectivity index (χ0v) is 17.5.